The lowest BCUT2D eigenvalue weighted by Gasteiger charge is -2.51. The average Bonchev–Trinajstić information content (AvgIpc) is 3.23. The second-order valence-corrected chi connectivity index (χ2v) is 13.5. The van der Waals surface area contributed by atoms with Crippen molar-refractivity contribution in [2.24, 2.45) is 52.8 Å². The Morgan fingerprint density at radius 1 is 1.03 bits per heavy atom. The molecular formula is C29H43NO4. The number of carbonyl (C=O) groups is 3. The lowest BCUT2D eigenvalue weighted by atomic mass is 9.52. The van der Waals surface area contributed by atoms with Crippen LogP contribution in [0.2, 0.25) is 0 Å². The van der Waals surface area contributed by atoms with E-state index >= 15 is 0 Å². The molecule has 2 aliphatic heterocycles. The molecule has 0 aromatic heterocycles. The number of hydrogen-bond acceptors (Lipinski definition) is 4. The zero-order chi connectivity index (χ0) is 24.2. The topological polar surface area (TPSA) is 63.7 Å². The molecule has 1 amide bonds. The Balaban J connectivity index is 1.32. The summed E-state index contributed by atoms with van der Waals surface area (Å²) in [5, 5.41) is 0. The molecule has 6 aliphatic rings. The van der Waals surface area contributed by atoms with E-state index in [1.807, 2.05) is 0 Å². The second kappa shape index (κ2) is 7.63. The summed E-state index contributed by atoms with van der Waals surface area (Å²) in [6.07, 6.45) is 7.64. The minimum absolute atomic E-state index is 0.00483. The van der Waals surface area contributed by atoms with Crippen LogP contribution in [0.1, 0.15) is 86.0 Å². The molecule has 0 aromatic carbocycles. The molecule has 4 saturated carbocycles. The number of piperidine rings is 1. The summed E-state index contributed by atoms with van der Waals surface area (Å²) in [7, 11) is 0. The van der Waals surface area contributed by atoms with Crippen molar-refractivity contribution in [3.8, 4) is 0 Å². The Morgan fingerprint density at radius 2 is 1.79 bits per heavy atom. The first kappa shape index (κ1) is 23.2. The lowest BCUT2D eigenvalue weighted by Crippen LogP contribution is -2.55. The van der Waals surface area contributed by atoms with E-state index < -0.39 is 0 Å². The Labute approximate surface area is 204 Å². The van der Waals surface area contributed by atoms with E-state index in [0.29, 0.717) is 48.1 Å². The molecule has 2 saturated heterocycles. The van der Waals surface area contributed by atoms with Gasteiger partial charge in [-0.25, -0.2) is 0 Å². The number of rotatable bonds is 0. The zero-order valence-corrected chi connectivity index (χ0v) is 21.7. The normalized spacial score (nSPS) is 54.4. The zero-order valence-electron chi connectivity index (χ0n) is 21.7. The number of hydrogen-bond donors (Lipinski definition) is 0. The molecule has 6 fully saturated rings. The molecule has 5 nitrogen and oxygen atoms in total. The van der Waals surface area contributed by atoms with Crippen molar-refractivity contribution in [2.75, 3.05) is 6.54 Å². The number of fused-ring (bicyclic) bond motifs is 6. The van der Waals surface area contributed by atoms with Gasteiger partial charge >= 0.3 is 0 Å². The summed E-state index contributed by atoms with van der Waals surface area (Å²) >= 11 is 0. The van der Waals surface area contributed by atoms with E-state index in [1.165, 1.54) is 0 Å². The summed E-state index contributed by atoms with van der Waals surface area (Å²) in [6, 6.07) is 0.137. The Hall–Kier alpha value is -1.23. The minimum Gasteiger partial charge on any atom is -0.369 e. The minimum atomic E-state index is -0.305. The molecule has 0 N–H and O–H groups in total. The smallest absolute Gasteiger partial charge is 0.219 e. The molecule has 0 aromatic rings. The first-order valence-electron chi connectivity index (χ1n) is 14.1. The summed E-state index contributed by atoms with van der Waals surface area (Å²) < 4.78 is 7.03. The fraction of sp³-hybridized carbons (Fsp3) is 0.897. The molecule has 1 spiro atoms. The molecule has 6 rings (SSSR count). The highest BCUT2D eigenvalue weighted by atomic mass is 16.5. The fourth-order valence-corrected chi connectivity index (χ4v) is 10.5. The van der Waals surface area contributed by atoms with Crippen LogP contribution in [-0.2, 0) is 19.1 Å². The van der Waals surface area contributed by atoms with Crippen LogP contribution in [-0.4, -0.2) is 46.7 Å². The van der Waals surface area contributed by atoms with Crippen molar-refractivity contribution >= 4 is 17.5 Å². The highest BCUT2D eigenvalue weighted by molar-refractivity contribution is 5.89. The van der Waals surface area contributed by atoms with Crippen molar-refractivity contribution in [1.82, 2.24) is 4.90 Å². The molecule has 12 atom stereocenters. The highest BCUT2D eigenvalue weighted by Gasteiger charge is 2.68. The Bertz CT molecular complexity index is 916. The molecule has 4 aliphatic carbocycles. The van der Waals surface area contributed by atoms with Gasteiger partial charge in [-0.2, -0.15) is 0 Å². The van der Waals surface area contributed by atoms with Crippen molar-refractivity contribution in [1.29, 1.82) is 0 Å². The van der Waals surface area contributed by atoms with Crippen molar-refractivity contribution in [2.45, 2.75) is 104 Å². The molecular weight excluding hydrogens is 426 g/mol. The number of carbonyl (C=O) groups excluding carboxylic acids is 3. The second-order valence-electron chi connectivity index (χ2n) is 13.5. The number of ether oxygens (including phenoxy) is 1. The van der Waals surface area contributed by atoms with Gasteiger partial charge in [0.05, 0.1) is 17.7 Å². The largest absolute Gasteiger partial charge is 0.369 e. The predicted molar refractivity (Wildman–Crippen MR) is 129 cm³/mol. The van der Waals surface area contributed by atoms with Gasteiger partial charge in [-0.15, -0.1) is 0 Å². The van der Waals surface area contributed by atoms with Gasteiger partial charge in [-0.05, 0) is 73.5 Å². The summed E-state index contributed by atoms with van der Waals surface area (Å²) in [5.74, 6) is 3.46. The van der Waals surface area contributed by atoms with Crippen LogP contribution in [0.4, 0.5) is 0 Å². The van der Waals surface area contributed by atoms with Crippen LogP contribution in [0.25, 0.3) is 0 Å². The number of amides is 1. The van der Waals surface area contributed by atoms with Gasteiger partial charge in [0.1, 0.15) is 11.6 Å². The maximum Gasteiger partial charge on any atom is 0.219 e. The first-order valence-corrected chi connectivity index (χ1v) is 14.1. The summed E-state index contributed by atoms with van der Waals surface area (Å²) in [6.45, 7) is 11.7. The van der Waals surface area contributed by atoms with Gasteiger partial charge < -0.3 is 9.64 Å². The first-order chi connectivity index (χ1) is 16.1. The van der Waals surface area contributed by atoms with Gasteiger partial charge in [0.25, 0.3) is 0 Å². The summed E-state index contributed by atoms with van der Waals surface area (Å²) in [5.41, 5.74) is -0.310. The van der Waals surface area contributed by atoms with Gasteiger partial charge in [0.2, 0.25) is 5.91 Å². The van der Waals surface area contributed by atoms with E-state index in [1.54, 1.807) is 6.92 Å². The van der Waals surface area contributed by atoms with Gasteiger partial charge in [0, 0.05) is 44.1 Å². The third-order valence-electron chi connectivity index (χ3n) is 12.1. The van der Waals surface area contributed by atoms with E-state index in [9.17, 15) is 14.4 Å². The SMILES string of the molecule is CC(=O)N1CC(C)CC2OC3(CCC4C5CCC6CC(=O)CCC6(C)C5C(=O)C4C3C)C(C)C21. The van der Waals surface area contributed by atoms with Crippen molar-refractivity contribution in [3.63, 3.8) is 0 Å². The number of likely N-dealkylation sites (tertiary alicyclic amines) is 1. The molecule has 5 heteroatoms. The predicted octanol–water partition coefficient (Wildman–Crippen LogP) is 4.66. The number of nitrogens with zero attached hydrogens (tertiary/aromatic N) is 1. The molecule has 0 radical (unpaired) electrons. The monoisotopic (exact) mass is 469 g/mol. The van der Waals surface area contributed by atoms with Gasteiger partial charge in [0.15, 0.2) is 0 Å². The van der Waals surface area contributed by atoms with Crippen LogP contribution in [0.5, 0.6) is 0 Å². The summed E-state index contributed by atoms with van der Waals surface area (Å²) in [4.78, 5) is 41.2. The quantitative estimate of drug-likeness (QED) is 0.517. The molecule has 2 heterocycles. The van der Waals surface area contributed by atoms with Crippen LogP contribution >= 0.6 is 0 Å². The molecule has 188 valence electrons. The van der Waals surface area contributed by atoms with E-state index in [4.69, 9.17) is 4.74 Å². The lowest BCUT2D eigenvalue weighted by molar-refractivity contribution is -0.155. The third-order valence-corrected chi connectivity index (χ3v) is 12.1. The van der Waals surface area contributed by atoms with E-state index in [2.05, 4.69) is 32.6 Å². The standard InChI is InChI=1S/C29H43NO4/c1-15-12-23-26(30(14-15)18(4)31)17(3)29(34-23)11-9-21-22-7-6-19-13-20(32)8-10-28(19,5)25(22)27(33)24(21)16(29)2/h15-17,19,21-26H,6-14H2,1-5H3. The van der Waals surface area contributed by atoms with Crippen LogP contribution in [0, 0.1) is 52.8 Å². The Kier molecular flexibility index (Phi) is 5.21. The molecule has 12 unspecified atom stereocenters. The van der Waals surface area contributed by atoms with E-state index in [0.717, 1.165) is 45.1 Å². The van der Waals surface area contributed by atoms with Crippen LogP contribution in [0.3, 0.4) is 0 Å². The van der Waals surface area contributed by atoms with E-state index in [-0.39, 0.29) is 52.7 Å². The average molecular weight is 470 g/mol. The van der Waals surface area contributed by atoms with Crippen LogP contribution < -0.4 is 0 Å². The van der Waals surface area contributed by atoms with Gasteiger partial charge in [-0.1, -0.05) is 27.7 Å². The fourth-order valence-electron chi connectivity index (χ4n) is 10.5. The maximum absolute atomic E-state index is 14.3. The van der Waals surface area contributed by atoms with Crippen LogP contribution in [0.15, 0.2) is 0 Å². The maximum atomic E-state index is 14.3. The van der Waals surface area contributed by atoms with Crippen molar-refractivity contribution in [3.05, 3.63) is 0 Å². The highest BCUT2D eigenvalue weighted by Crippen LogP contribution is 2.66. The third kappa shape index (κ3) is 2.91. The Morgan fingerprint density at radius 3 is 2.53 bits per heavy atom. The molecule has 0 bridgehead atoms. The molecule has 34 heavy (non-hydrogen) atoms. The van der Waals surface area contributed by atoms with Gasteiger partial charge in [-0.3, -0.25) is 14.4 Å². The number of ketones is 2. The number of Topliss-reactive ketones (excluding diaryl/α,β-unsaturated/α-hetero) is 2. The van der Waals surface area contributed by atoms with Crippen molar-refractivity contribution < 1.29 is 19.1 Å².